The molecule has 0 atom stereocenters. The van der Waals surface area contributed by atoms with Crippen molar-refractivity contribution in [2.24, 2.45) is 4.99 Å². The fraction of sp³-hybridized carbons (Fsp3) is 0.545. The van der Waals surface area contributed by atoms with Gasteiger partial charge in [-0.2, -0.15) is 0 Å². The van der Waals surface area contributed by atoms with E-state index in [4.69, 9.17) is 19.0 Å². The van der Waals surface area contributed by atoms with Crippen molar-refractivity contribution in [3.8, 4) is 5.75 Å². The first-order valence-electron chi connectivity index (χ1n) is 10.9. The van der Waals surface area contributed by atoms with Crippen LogP contribution in [0.5, 0.6) is 5.75 Å². The molecule has 3 heterocycles. The third-order valence-corrected chi connectivity index (χ3v) is 5.46. The molecule has 0 amide bonds. The third-order valence-electron chi connectivity index (χ3n) is 5.46. The van der Waals surface area contributed by atoms with Crippen molar-refractivity contribution in [3.05, 3.63) is 47.7 Å². The second kappa shape index (κ2) is 10.1. The summed E-state index contributed by atoms with van der Waals surface area (Å²) in [6.07, 6.45) is 5.24. The van der Waals surface area contributed by atoms with Crippen LogP contribution in [0.2, 0.25) is 0 Å². The molecule has 0 saturated carbocycles. The number of aromatic nitrogens is 1. The van der Waals surface area contributed by atoms with Crippen LogP contribution in [0.3, 0.4) is 0 Å². The van der Waals surface area contributed by atoms with Gasteiger partial charge in [0.1, 0.15) is 12.0 Å². The Balaban J connectivity index is 1.49. The van der Waals surface area contributed by atoms with Gasteiger partial charge in [0, 0.05) is 19.4 Å². The number of ether oxygens (including phenoxy) is 1. The number of benzene rings is 1. The predicted molar refractivity (Wildman–Crippen MR) is 114 cm³/mol. The number of hydrogen-bond acceptors (Lipinski definition) is 8. The second-order valence-electron chi connectivity index (χ2n) is 7.90. The Morgan fingerprint density at radius 2 is 2.00 bits per heavy atom. The summed E-state index contributed by atoms with van der Waals surface area (Å²) in [7, 11) is 0. The lowest BCUT2D eigenvalue weighted by Crippen LogP contribution is -2.42. The monoisotopic (exact) mass is 431 g/mol. The van der Waals surface area contributed by atoms with E-state index in [1.54, 1.807) is 0 Å². The molecule has 2 N–H and O–H groups in total. The van der Waals surface area contributed by atoms with E-state index in [1.165, 1.54) is 6.26 Å². The van der Waals surface area contributed by atoms with Gasteiger partial charge in [-0.1, -0.05) is 25.5 Å². The summed E-state index contributed by atoms with van der Waals surface area (Å²) >= 11 is 0. The molecule has 2 aromatic rings. The van der Waals surface area contributed by atoms with Crippen molar-refractivity contribution < 1.29 is 18.4 Å². The van der Waals surface area contributed by atoms with Gasteiger partial charge in [0.15, 0.2) is 12.4 Å². The van der Waals surface area contributed by atoms with Gasteiger partial charge in [-0.25, -0.2) is 24.7 Å². The van der Waals surface area contributed by atoms with Crippen LogP contribution in [0.4, 0.5) is 4.39 Å². The first-order valence-corrected chi connectivity index (χ1v) is 10.9. The Hall–Kier alpha value is -2.65. The van der Waals surface area contributed by atoms with Crippen molar-refractivity contribution in [1.29, 1.82) is 0 Å². The topological polar surface area (TPSA) is 84.2 Å². The number of oxazole rings is 1. The number of nitrogens with one attached hydrogen (secondary N) is 2. The molecule has 4 rings (SSSR count). The number of aliphatic imine (C=N–C) groups is 1. The molecule has 0 aliphatic carbocycles. The normalized spacial score (nSPS) is 17.4. The molecule has 168 valence electrons. The Bertz CT molecular complexity index is 864. The summed E-state index contributed by atoms with van der Waals surface area (Å²) in [5, 5.41) is 3.33. The molecule has 1 fully saturated rings. The molecular formula is C22H30FN5O3. The zero-order chi connectivity index (χ0) is 21.5. The molecule has 0 radical (unpaired) electrons. The van der Waals surface area contributed by atoms with Crippen molar-refractivity contribution in [1.82, 2.24) is 20.7 Å². The molecule has 0 unspecified atom stereocenters. The molecule has 1 aromatic heterocycles. The Morgan fingerprint density at radius 1 is 1.19 bits per heavy atom. The molecule has 1 saturated heterocycles. The quantitative estimate of drug-likeness (QED) is 0.590. The second-order valence-corrected chi connectivity index (χ2v) is 7.90. The van der Waals surface area contributed by atoms with E-state index in [-0.39, 0.29) is 5.89 Å². The zero-order valence-corrected chi connectivity index (χ0v) is 17.9. The zero-order valence-electron chi connectivity index (χ0n) is 17.9. The lowest BCUT2D eigenvalue weighted by molar-refractivity contribution is -0.0734. The number of nitrogens with zero attached hydrogens (tertiary/aromatic N) is 3. The van der Waals surface area contributed by atoms with Gasteiger partial charge in [-0.3, -0.25) is 0 Å². The highest BCUT2D eigenvalue weighted by Gasteiger charge is 2.39. The van der Waals surface area contributed by atoms with Crippen molar-refractivity contribution >= 4 is 5.96 Å². The van der Waals surface area contributed by atoms with E-state index < -0.39 is 12.4 Å². The van der Waals surface area contributed by atoms with E-state index >= 15 is 0 Å². The van der Waals surface area contributed by atoms with E-state index in [0.29, 0.717) is 24.7 Å². The number of hydrogen-bond donors (Lipinski definition) is 2. The molecule has 1 aromatic carbocycles. The SMILES string of the molecule is CCCCOc1ccc(CN(Cc2coc(CF)n2)C2=NC3(CCNCC3)ON2)cc1. The van der Waals surface area contributed by atoms with E-state index in [2.05, 4.69) is 22.7 Å². The fourth-order valence-corrected chi connectivity index (χ4v) is 3.68. The molecule has 31 heavy (non-hydrogen) atoms. The third kappa shape index (κ3) is 5.54. The first kappa shape index (κ1) is 21.6. The summed E-state index contributed by atoms with van der Waals surface area (Å²) in [4.78, 5) is 17.0. The molecular weight excluding hydrogens is 401 g/mol. The van der Waals surface area contributed by atoms with Crippen LogP contribution in [0.25, 0.3) is 0 Å². The molecule has 0 bridgehead atoms. The first-order chi connectivity index (χ1) is 15.2. The average molecular weight is 432 g/mol. The fourth-order valence-electron chi connectivity index (χ4n) is 3.68. The standard InChI is InChI=1S/C22H30FN5O3/c1-2-3-12-29-19-6-4-17(5-7-19)14-28(15-18-16-30-20(13-23)25-18)21-26-22(31-27-21)8-10-24-11-9-22/h4-7,16,24H,2-3,8-15H2,1H3,(H,26,27). The number of alkyl halides is 1. The van der Waals surface area contributed by atoms with Crippen LogP contribution < -0.4 is 15.5 Å². The molecule has 8 nitrogen and oxygen atoms in total. The number of hydroxylamine groups is 1. The summed E-state index contributed by atoms with van der Waals surface area (Å²) in [6, 6.07) is 8.05. The maximum atomic E-state index is 12.9. The number of piperidine rings is 1. The largest absolute Gasteiger partial charge is 0.494 e. The predicted octanol–water partition coefficient (Wildman–Crippen LogP) is 3.30. The Morgan fingerprint density at radius 3 is 2.71 bits per heavy atom. The Kier molecular flexibility index (Phi) is 7.03. The van der Waals surface area contributed by atoms with Gasteiger partial charge in [-0.05, 0) is 37.2 Å². The number of rotatable bonds is 9. The van der Waals surface area contributed by atoms with Crippen molar-refractivity contribution in [2.75, 3.05) is 19.7 Å². The highest BCUT2D eigenvalue weighted by atomic mass is 19.1. The van der Waals surface area contributed by atoms with Gasteiger partial charge in [-0.15, -0.1) is 0 Å². The maximum Gasteiger partial charge on any atom is 0.225 e. The van der Waals surface area contributed by atoms with Crippen LogP contribution >= 0.6 is 0 Å². The lowest BCUT2D eigenvalue weighted by Gasteiger charge is -2.28. The number of guanidine groups is 1. The number of halogens is 1. The highest BCUT2D eigenvalue weighted by molar-refractivity contribution is 5.80. The highest BCUT2D eigenvalue weighted by Crippen LogP contribution is 2.28. The minimum Gasteiger partial charge on any atom is -0.494 e. The summed E-state index contributed by atoms with van der Waals surface area (Å²) in [5.41, 5.74) is 4.21. The van der Waals surface area contributed by atoms with Crippen LogP contribution in [0, 0.1) is 0 Å². The summed E-state index contributed by atoms with van der Waals surface area (Å²) < 4.78 is 23.8. The Labute approximate surface area is 181 Å². The number of unbranched alkanes of at least 4 members (excludes halogenated alkanes) is 1. The van der Waals surface area contributed by atoms with Crippen LogP contribution in [0.1, 0.15) is 49.8 Å². The van der Waals surface area contributed by atoms with Gasteiger partial charge < -0.3 is 19.4 Å². The molecule has 2 aliphatic heterocycles. The van der Waals surface area contributed by atoms with Gasteiger partial charge in [0.2, 0.25) is 11.9 Å². The molecule has 1 spiro atoms. The van der Waals surface area contributed by atoms with Gasteiger partial charge in [0.05, 0.1) is 18.8 Å². The maximum absolute atomic E-state index is 12.9. The van der Waals surface area contributed by atoms with Crippen molar-refractivity contribution in [2.45, 2.75) is 58.1 Å². The minimum absolute atomic E-state index is 0.0796. The lowest BCUT2D eigenvalue weighted by atomic mass is 10.0. The van der Waals surface area contributed by atoms with Crippen molar-refractivity contribution in [3.63, 3.8) is 0 Å². The molecule has 9 heteroatoms. The minimum atomic E-state index is -0.724. The van der Waals surface area contributed by atoms with E-state index in [9.17, 15) is 4.39 Å². The summed E-state index contributed by atoms with van der Waals surface area (Å²) in [6.45, 7) is 4.86. The summed E-state index contributed by atoms with van der Waals surface area (Å²) in [5.74, 6) is 1.59. The van der Waals surface area contributed by atoms with Crippen LogP contribution in [0.15, 0.2) is 39.9 Å². The van der Waals surface area contributed by atoms with E-state index in [0.717, 1.165) is 56.7 Å². The van der Waals surface area contributed by atoms with Crippen LogP contribution in [-0.4, -0.2) is 41.3 Å². The smallest absolute Gasteiger partial charge is 0.225 e. The molecule has 2 aliphatic rings. The average Bonchev–Trinajstić information content (AvgIpc) is 3.42. The van der Waals surface area contributed by atoms with Gasteiger partial charge in [0.25, 0.3) is 0 Å². The van der Waals surface area contributed by atoms with Crippen LogP contribution in [-0.2, 0) is 24.6 Å². The van der Waals surface area contributed by atoms with Gasteiger partial charge >= 0.3 is 0 Å². The van der Waals surface area contributed by atoms with E-state index in [1.807, 2.05) is 29.2 Å².